The van der Waals surface area contributed by atoms with E-state index in [2.05, 4.69) is 20.5 Å². The number of thioether (sulfide) groups is 1. The van der Waals surface area contributed by atoms with Crippen molar-refractivity contribution in [3.63, 3.8) is 0 Å². The Labute approximate surface area is 182 Å². The standard InChI is InChI=1S/C21H20N6OS2/c1-13-6-8-15(9-7-13)17-11-29-20(23-17)24-18(28)12-30-21-26-25-19(27(21)22)16-5-3-4-14(2)10-16/h3-11H,12,22H2,1-2H3,(H,23,24,28). The largest absolute Gasteiger partial charge is 0.335 e. The third-order valence-electron chi connectivity index (χ3n) is 4.37. The lowest BCUT2D eigenvalue weighted by Gasteiger charge is -2.04. The summed E-state index contributed by atoms with van der Waals surface area (Å²) < 4.78 is 1.41. The van der Waals surface area contributed by atoms with Gasteiger partial charge in [-0.3, -0.25) is 4.79 Å². The Morgan fingerprint density at radius 2 is 1.90 bits per heavy atom. The van der Waals surface area contributed by atoms with Gasteiger partial charge in [0.25, 0.3) is 0 Å². The van der Waals surface area contributed by atoms with Gasteiger partial charge in [0, 0.05) is 16.5 Å². The molecule has 0 aliphatic carbocycles. The van der Waals surface area contributed by atoms with Gasteiger partial charge in [-0.2, -0.15) is 0 Å². The fraction of sp³-hybridized carbons (Fsp3) is 0.143. The summed E-state index contributed by atoms with van der Waals surface area (Å²) in [7, 11) is 0. The summed E-state index contributed by atoms with van der Waals surface area (Å²) in [5, 5.41) is 14.1. The van der Waals surface area contributed by atoms with Crippen molar-refractivity contribution in [2.24, 2.45) is 0 Å². The Balaban J connectivity index is 1.37. The van der Waals surface area contributed by atoms with Gasteiger partial charge in [0.15, 0.2) is 11.0 Å². The molecule has 0 fully saturated rings. The lowest BCUT2D eigenvalue weighted by atomic mass is 10.1. The highest BCUT2D eigenvalue weighted by Gasteiger charge is 2.15. The number of carbonyl (C=O) groups excluding carboxylic acids is 1. The van der Waals surface area contributed by atoms with Crippen molar-refractivity contribution < 1.29 is 4.79 Å². The monoisotopic (exact) mass is 436 g/mol. The normalized spacial score (nSPS) is 10.9. The molecule has 0 unspecified atom stereocenters. The number of nitrogens with one attached hydrogen (secondary N) is 1. The smallest absolute Gasteiger partial charge is 0.236 e. The third kappa shape index (κ3) is 4.52. The van der Waals surface area contributed by atoms with Gasteiger partial charge in [0.1, 0.15) is 0 Å². The molecule has 4 rings (SSSR count). The quantitative estimate of drug-likeness (QED) is 0.348. The number of nitrogen functional groups attached to an aromatic ring is 1. The average molecular weight is 437 g/mol. The Kier molecular flexibility index (Phi) is 5.82. The number of aromatic nitrogens is 4. The van der Waals surface area contributed by atoms with Gasteiger partial charge >= 0.3 is 0 Å². The number of anilines is 1. The molecule has 0 saturated carbocycles. The minimum atomic E-state index is -0.176. The maximum absolute atomic E-state index is 12.3. The van der Waals surface area contributed by atoms with Gasteiger partial charge in [-0.25, -0.2) is 9.66 Å². The molecular weight excluding hydrogens is 416 g/mol. The molecular formula is C21H20N6OS2. The van der Waals surface area contributed by atoms with Gasteiger partial charge < -0.3 is 11.2 Å². The van der Waals surface area contributed by atoms with E-state index in [-0.39, 0.29) is 11.7 Å². The molecule has 0 aliphatic rings. The number of benzene rings is 2. The minimum absolute atomic E-state index is 0.155. The summed E-state index contributed by atoms with van der Waals surface area (Å²) in [4.78, 5) is 16.8. The van der Waals surface area contributed by atoms with Gasteiger partial charge in [0.2, 0.25) is 11.1 Å². The number of carbonyl (C=O) groups is 1. The third-order valence-corrected chi connectivity index (χ3v) is 6.07. The van der Waals surface area contributed by atoms with Crippen LogP contribution in [0.5, 0.6) is 0 Å². The zero-order valence-electron chi connectivity index (χ0n) is 16.5. The van der Waals surface area contributed by atoms with Crippen molar-refractivity contribution in [3.05, 3.63) is 65.0 Å². The molecule has 0 aliphatic heterocycles. The molecule has 7 nitrogen and oxygen atoms in total. The highest BCUT2D eigenvalue weighted by molar-refractivity contribution is 7.99. The first-order valence-electron chi connectivity index (χ1n) is 9.22. The van der Waals surface area contributed by atoms with E-state index in [4.69, 9.17) is 5.84 Å². The lowest BCUT2D eigenvalue weighted by Crippen LogP contribution is -2.16. The van der Waals surface area contributed by atoms with Crippen molar-refractivity contribution in [2.75, 3.05) is 16.9 Å². The summed E-state index contributed by atoms with van der Waals surface area (Å²) >= 11 is 2.62. The Morgan fingerprint density at radius 1 is 1.10 bits per heavy atom. The molecule has 2 aromatic heterocycles. The second-order valence-electron chi connectivity index (χ2n) is 6.79. The number of amides is 1. The first-order valence-corrected chi connectivity index (χ1v) is 11.1. The first-order chi connectivity index (χ1) is 14.5. The maximum atomic E-state index is 12.3. The topological polar surface area (TPSA) is 98.7 Å². The molecule has 0 spiro atoms. The molecule has 4 aromatic rings. The van der Waals surface area contributed by atoms with Crippen LogP contribution in [0.1, 0.15) is 11.1 Å². The molecule has 152 valence electrons. The zero-order valence-corrected chi connectivity index (χ0v) is 18.1. The van der Waals surface area contributed by atoms with Gasteiger partial charge in [0.05, 0.1) is 11.4 Å². The number of rotatable bonds is 6. The predicted molar refractivity (Wildman–Crippen MR) is 122 cm³/mol. The van der Waals surface area contributed by atoms with E-state index in [0.717, 1.165) is 22.4 Å². The summed E-state index contributed by atoms with van der Waals surface area (Å²) in [5.74, 6) is 6.67. The van der Waals surface area contributed by atoms with Crippen LogP contribution in [0.2, 0.25) is 0 Å². The summed E-state index contributed by atoms with van der Waals surface area (Å²) in [6, 6.07) is 16.0. The Morgan fingerprint density at radius 3 is 2.67 bits per heavy atom. The second-order valence-corrected chi connectivity index (χ2v) is 8.59. The van der Waals surface area contributed by atoms with Crippen molar-refractivity contribution in [3.8, 4) is 22.6 Å². The SMILES string of the molecule is Cc1ccc(-c2csc(NC(=O)CSc3nnc(-c4cccc(C)c4)n3N)n2)cc1. The molecule has 2 heterocycles. The molecule has 0 atom stereocenters. The Hall–Kier alpha value is -3.17. The average Bonchev–Trinajstić information content (AvgIpc) is 3.34. The predicted octanol–water partition coefficient (Wildman–Crippen LogP) is 4.13. The van der Waals surface area contributed by atoms with E-state index >= 15 is 0 Å². The summed E-state index contributed by atoms with van der Waals surface area (Å²) in [5.41, 5.74) is 5.04. The minimum Gasteiger partial charge on any atom is -0.335 e. The lowest BCUT2D eigenvalue weighted by molar-refractivity contribution is -0.113. The molecule has 1 amide bonds. The van der Waals surface area contributed by atoms with Crippen LogP contribution in [0.25, 0.3) is 22.6 Å². The van der Waals surface area contributed by atoms with Crippen LogP contribution in [-0.2, 0) is 4.79 Å². The van der Waals surface area contributed by atoms with Gasteiger partial charge in [-0.1, -0.05) is 65.4 Å². The van der Waals surface area contributed by atoms with Crippen molar-refractivity contribution in [1.82, 2.24) is 19.9 Å². The van der Waals surface area contributed by atoms with Gasteiger partial charge in [-0.15, -0.1) is 21.5 Å². The van der Waals surface area contributed by atoms with Crippen molar-refractivity contribution >= 4 is 34.1 Å². The fourth-order valence-corrected chi connectivity index (χ4v) is 4.22. The highest BCUT2D eigenvalue weighted by Crippen LogP contribution is 2.26. The highest BCUT2D eigenvalue weighted by atomic mass is 32.2. The van der Waals surface area contributed by atoms with E-state index in [1.165, 1.54) is 33.3 Å². The van der Waals surface area contributed by atoms with Crippen LogP contribution in [-0.4, -0.2) is 31.5 Å². The van der Waals surface area contributed by atoms with E-state index in [9.17, 15) is 4.79 Å². The Bertz CT molecular complexity index is 1180. The van der Waals surface area contributed by atoms with Crippen molar-refractivity contribution in [2.45, 2.75) is 19.0 Å². The molecule has 0 radical (unpaired) electrons. The van der Waals surface area contributed by atoms with E-state index < -0.39 is 0 Å². The summed E-state index contributed by atoms with van der Waals surface area (Å²) in [6.07, 6.45) is 0. The van der Waals surface area contributed by atoms with Crippen LogP contribution in [0.15, 0.2) is 59.1 Å². The number of nitrogens with zero attached hydrogens (tertiary/aromatic N) is 4. The molecule has 2 aromatic carbocycles. The number of hydrogen-bond donors (Lipinski definition) is 2. The molecule has 3 N–H and O–H groups in total. The maximum Gasteiger partial charge on any atom is 0.236 e. The first kappa shape index (κ1) is 20.1. The zero-order chi connectivity index (χ0) is 21.1. The fourth-order valence-electron chi connectivity index (χ4n) is 2.83. The van der Waals surface area contributed by atoms with Crippen LogP contribution >= 0.6 is 23.1 Å². The van der Waals surface area contributed by atoms with Crippen LogP contribution in [0.3, 0.4) is 0 Å². The van der Waals surface area contributed by atoms with Crippen LogP contribution in [0, 0.1) is 13.8 Å². The number of thiazole rings is 1. The molecule has 0 saturated heterocycles. The van der Waals surface area contributed by atoms with Gasteiger partial charge in [-0.05, 0) is 19.9 Å². The van der Waals surface area contributed by atoms with Crippen LogP contribution < -0.4 is 11.2 Å². The van der Waals surface area contributed by atoms with E-state index in [0.29, 0.717) is 16.1 Å². The van der Waals surface area contributed by atoms with Crippen LogP contribution in [0.4, 0.5) is 5.13 Å². The number of hydrogen-bond acceptors (Lipinski definition) is 7. The number of nitrogens with two attached hydrogens (primary N) is 1. The molecule has 9 heteroatoms. The summed E-state index contributed by atoms with van der Waals surface area (Å²) in [6.45, 7) is 4.05. The second kappa shape index (κ2) is 8.68. The molecule has 30 heavy (non-hydrogen) atoms. The number of aryl methyl sites for hydroxylation is 2. The molecule has 0 bridgehead atoms. The van der Waals surface area contributed by atoms with Crippen molar-refractivity contribution in [1.29, 1.82) is 0 Å². The van der Waals surface area contributed by atoms with E-state index in [1.54, 1.807) is 0 Å². The van der Waals surface area contributed by atoms with E-state index in [1.807, 2.05) is 67.8 Å².